The number of benzene rings is 1. The van der Waals surface area contributed by atoms with Crippen molar-refractivity contribution in [3.8, 4) is 5.69 Å². The van der Waals surface area contributed by atoms with Crippen LogP contribution in [0.15, 0.2) is 48.2 Å². The van der Waals surface area contributed by atoms with Gasteiger partial charge in [0, 0.05) is 11.6 Å². The highest BCUT2D eigenvalue weighted by Crippen LogP contribution is 2.20. The van der Waals surface area contributed by atoms with Crippen LogP contribution in [-0.4, -0.2) is 32.6 Å². The van der Waals surface area contributed by atoms with E-state index in [-0.39, 0.29) is 5.69 Å². The number of rotatable bonds is 4. The highest BCUT2D eigenvalue weighted by molar-refractivity contribution is 5.88. The molecule has 0 bridgehead atoms. The van der Waals surface area contributed by atoms with Gasteiger partial charge < -0.3 is 4.74 Å². The Balaban J connectivity index is 1.58. The lowest BCUT2D eigenvalue weighted by Crippen LogP contribution is -2.10. The van der Waals surface area contributed by atoms with Gasteiger partial charge in [0.25, 0.3) is 0 Å². The summed E-state index contributed by atoms with van der Waals surface area (Å²) in [4.78, 5) is 16.6. The van der Waals surface area contributed by atoms with Gasteiger partial charge >= 0.3 is 5.97 Å². The molecule has 0 radical (unpaired) electrons. The highest BCUT2D eigenvalue weighted by Gasteiger charge is 2.19. The summed E-state index contributed by atoms with van der Waals surface area (Å²) in [6, 6.07) is 9.69. The van der Waals surface area contributed by atoms with Crippen LogP contribution in [0.25, 0.3) is 16.6 Å². The van der Waals surface area contributed by atoms with E-state index >= 15 is 0 Å². The molecule has 0 unspecified atom stereocenters. The van der Waals surface area contributed by atoms with Gasteiger partial charge in [-0.05, 0) is 56.0 Å². The molecule has 0 amide bonds. The summed E-state index contributed by atoms with van der Waals surface area (Å²) in [5, 5.41) is 9.15. The van der Waals surface area contributed by atoms with Crippen LogP contribution < -0.4 is 0 Å². The molecule has 2 heterocycles. The lowest BCUT2D eigenvalue weighted by Gasteiger charge is -2.06. The third-order valence-corrected chi connectivity index (χ3v) is 4.44. The molecule has 1 aliphatic carbocycles. The minimum absolute atomic E-state index is 0.255. The molecule has 4 rings (SSSR count). The Morgan fingerprint density at radius 1 is 1.32 bits per heavy atom. The Bertz CT molecular complexity index is 974. The summed E-state index contributed by atoms with van der Waals surface area (Å²) in [5.74, 6) is -0.431. The summed E-state index contributed by atoms with van der Waals surface area (Å²) in [7, 11) is 0. The topological polar surface area (TPSA) is 69.9 Å². The van der Waals surface area contributed by atoms with Crippen molar-refractivity contribution in [2.75, 3.05) is 6.61 Å². The van der Waals surface area contributed by atoms with Crippen LogP contribution in [-0.2, 0) is 4.74 Å². The monoisotopic (exact) mass is 334 g/mol. The first kappa shape index (κ1) is 15.5. The van der Waals surface area contributed by atoms with Crippen LogP contribution in [0, 0.1) is 6.92 Å². The van der Waals surface area contributed by atoms with Gasteiger partial charge in [-0.1, -0.05) is 17.4 Å². The van der Waals surface area contributed by atoms with Crippen molar-refractivity contribution < 1.29 is 9.53 Å². The van der Waals surface area contributed by atoms with Crippen LogP contribution >= 0.6 is 0 Å². The Kier molecular flexibility index (Phi) is 4.01. The van der Waals surface area contributed by atoms with Gasteiger partial charge in [-0.25, -0.2) is 9.48 Å². The van der Waals surface area contributed by atoms with Crippen LogP contribution in [0.5, 0.6) is 0 Å². The van der Waals surface area contributed by atoms with Crippen molar-refractivity contribution in [3.63, 3.8) is 0 Å². The molecule has 1 aliphatic rings. The molecule has 25 heavy (non-hydrogen) atoms. The number of carbonyl (C=O) groups excluding carboxylic acids is 1. The van der Waals surface area contributed by atoms with E-state index in [1.807, 2.05) is 37.3 Å². The van der Waals surface area contributed by atoms with Crippen molar-refractivity contribution in [2.45, 2.75) is 26.2 Å². The number of allylic oxidation sites excluding steroid dienone is 1. The molecule has 1 aromatic carbocycles. The molecule has 0 aliphatic heterocycles. The summed E-state index contributed by atoms with van der Waals surface area (Å²) in [6.45, 7) is 2.16. The minimum Gasteiger partial charge on any atom is -0.456 e. The van der Waals surface area contributed by atoms with Crippen LogP contribution in [0.3, 0.4) is 0 Å². The predicted octanol–water partition coefficient (Wildman–Crippen LogP) is 3.39. The molecule has 6 heteroatoms. The maximum absolute atomic E-state index is 12.3. The predicted molar refractivity (Wildman–Crippen MR) is 93.6 cm³/mol. The highest BCUT2D eigenvalue weighted by atomic mass is 16.5. The average molecular weight is 334 g/mol. The van der Waals surface area contributed by atoms with Crippen LogP contribution in [0.1, 0.15) is 35.4 Å². The number of aromatic nitrogens is 4. The van der Waals surface area contributed by atoms with Crippen LogP contribution in [0.4, 0.5) is 0 Å². The second-order valence-electron chi connectivity index (χ2n) is 6.15. The summed E-state index contributed by atoms with van der Waals surface area (Å²) >= 11 is 0. The number of carbonyl (C=O) groups is 1. The van der Waals surface area contributed by atoms with E-state index in [1.54, 1.807) is 10.9 Å². The first-order valence-electron chi connectivity index (χ1n) is 8.35. The van der Waals surface area contributed by atoms with Gasteiger partial charge in [-0.15, -0.1) is 5.10 Å². The van der Waals surface area contributed by atoms with E-state index in [2.05, 4.69) is 21.4 Å². The SMILES string of the molecule is Cc1c(C(=O)OCC2=CCCC2)nnn1-c1ccc2ncccc2c1. The molecule has 3 aromatic rings. The summed E-state index contributed by atoms with van der Waals surface area (Å²) < 4.78 is 7.03. The molecule has 0 saturated carbocycles. The van der Waals surface area contributed by atoms with E-state index < -0.39 is 5.97 Å². The van der Waals surface area contributed by atoms with Crippen molar-refractivity contribution in [1.82, 2.24) is 20.0 Å². The van der Waals surface area contributed by atoms with Gasteiger partial charge in [-0.3, -0.25) is 4.98 Å². The fraction of sp³-hybridized carbons (Fsp3) is 0.263. The molecule has 6 nitrogen and oxygen atoms in total. The van der Waals surface area contributed by atoms with E-state index in [9.17, 15) is 4.79 Å². The summed E-state index contributed by atoms with van der Waals surface area (Å²) in [5.41, 5.74) is 3.84. The normalized spacial score (nSPS) is 13.9. The lowest BCUT2D eigenvalue weighted by molar-refractivity contribution is 0.0530. The third-order valence-electron chi connectivity index (χ3n) is 4.44. The smallest absolute Gasteiger partial charge is 0.361 e. The van der Waals surface area contributed by atoms with Gasteiger partial charge in [0.1, 0.15) is 6.61 Å². The number of hydrogen-bond acceptors (Lipinski definition) is 5. The van der Waals surface area contributed by atoms with Crippen molar-refractivity contribution in [1.29, 1.82) is 0 Å². The minimum atomic E-state index is -0.431. The van der Waals surface area contributed by atoms with E-state index in [0.29, 0.717) is 12.3 Å². The largest absolute Gasteiger partial charge is 0.456 e. The van der Waals surface area contributed by atoms with Gasteiger partial charge in [0.2, 0.25) is 0 Å². The molecule has 0 N–H and O–H groups in total. The fourth-order valence-electron chi connectivity index (χ4n) is 3.05. The second-order valence-corrected chi connectivity index (χ2v) is 6.15. The molecular weight excluding hydrogens is 316 g/mol. The van der Waals surface area contributed by atoms with Crippen LogP contribution in [0.2, 0.25) is 0 Å². The van der Waals surface area contributed by atoms with E-state index in [4.69, 9.17) is 4.74 Å². The zero-order valence-corrected chi connectivity index (χ0v) is 14.0. The maximum atomic E-state index is 12.3. The Hall–Kier alpha value is -3.02. The Morgan fingerprint density at radius 3 is 3.08 bits per heavy atom. The van der Waals surface area contributed by atoms with Gasteiger partial charge in [0.05, 0.1) is 16.9 Å². The van der Waals surface area contributed by atoms with Crippen molar-refractivity contribution >= 4 is 16.9 Å². The Morgan fingerprint density at radius 2 is 2.24 bits per heavy atom. The number of nitrogens with zero attached hydrogens (tertiary/aromatic N) is 4. The third kappa shape index (κ3) is 3.03. The number of esters is 1. The number of pyridine rings is 1. The molecular formula is C19H18N4O2. The zero-order chi connectivity index (χ0) is 17.2. The quantitative estimate of drug-likeness (QED) is 0.540. The number of fused-ring (bicyclic) bond motifs is 1. The molecule has 0 fully saturated rings. The average Bonchev–Trinajstić information content (AvgIpc) is 3.29. The first-order chi connectivity index (χ1) is 12.2. The number of hydrogen-bond donors (Lipinski definition) is 0. The van der Waals surface area contributed by atoms with Crippen molar-refractivity contribution in [2.24, 2.45) is 0 Å². The maximum Gasteiger partial charge on any atom is 0.361 e. The lowest BCUT2D eigenvalue weighted by atomic mass is 10.2. The van der Waals surface area contributed by atoms with Gasteiger partial charge in [0.15, 0.2) is 5.69 Å². The molecule has 0 saturated heterocycles. The fourth-order valence-corrected chi connectivity index (χ4v) is 3.05. The number of ether oxygens (including phenoxy) is 1. The van der Waals surface area contributed by atoms with E-state index in [1.165, 1.54) is 5.57 Å². The molecule has 0 spiro atoms. The summed E-state index contributed by atoms with van der Waals surface area (Å²) in [6.07, 6.45) is 7.11. The molecule has 0 atom stereocenters. The molecule has 126 valence electrons. The second kappa shape index (κ2) is 6.47. The first-order valence-corrected chi connectivity index (χ1v) is 8.35. The van der Waals surface area contributed by atoms with Gasteiger partial charge in [-0.2, -0.15) is 0 Å². The van der Waals surface area contributed by atoms with Crippen molar-refractivity contribution in [3.05, 3.63) is 59.6 Å². The van der Waals surface area contributed by atoms with E-state index in [0.717, 1.165) is 35.9 Å². The molecule has 2 aromatic heterocycles. The Labute approximate surface area is 145 Å². The standard InChI is InChI=1S/C19H18N4O2/c1-13-18(19(24)25-12-14-5-2-3-6-14)21-22-23(13)16-8-9-17-15(11-16)7-4-10-20-17/h4-5,7-11H,2-3,6,12H2,1H3. The zero-order valence-electron chi connectivity index (χ0n) is 14.0.